The molecule has 29 heavy (non-hydrogen) atoms. The minimum Gasteiger partial charge on any atom is -0.497 e. The largest absolute Gasteiger partial charge is 0.497 e. The van der Waals surface area contributed by atoms with Gasteiger partial charge < -0.3 is 13.9 Å². The van der Waals surface area contributed by atoms with Gasteiger partial charge in [-0.25, -0.2) is 0 Å². The lowest BCUT2D eigenvalue weighted by molar-refractivity contribution is 0.0993. The summed E-state index contributed by atoms with van der Waals surface area (Å²) in [7, 11) is 3.17. The Morgan fingerprint density at radius 1 is 1.03 bits per heavy atom. The molecule has 1 aromatic heterocycles. The van der Waals surface area contributed by atoms with Gasteiger partial charge in [0.15, 0.2) is 5.78 Å². The molecule has 0 radical (unpaired) electrons. The molecule has 1 atom stereocenters. The number of aromatic nitrogens is 2. The second-order valence-corrected chi connectivity index (χ2v) is 8.23. The van der Waals surface area contributed by atoms with Crippen LogP contribution in [0.2, 0.25) is 0 Å². The maximum Gasteiger partial charge on any atom is 0.277 e. The van der Waals surface area contributed by atoms with Crippen molar-refractivity contribution >= 4 is 17.5 Å². The average Bonchev–Trinajstić information content (AvgIpc) is 3.41. The van der Waals surface area contributed by atoms with Gasteiger partial charge in [-0.1, -0.05) is 23.9 Å². The quantitative estimate of drug-likeness (QED) is 0.416. The number of thioether (sulfide) groups is 1. The zero-order valence-corrected chi connectivity index (χ0v) is 17.4. The van der Waals surface area contributed by atoms with Gasteiger partial charge in [0.1, 0.15) is 11.5 Å². The summed E-state index contributed by atoms with van der Waals surface area (Å²) in [5, 5.41) is 8.22. The normalized spacial score (nSPS) is 13.8. The first-order valence-electron chi connectivity index (χ1n) is 9.47. The number of hydrogen-bond acceptors (Lipinski definition) is 7. The van der Waals surface area contributed by atoms with E-state index in [0.717, 1.165) is 24.8 Å². The van der Waals surface area contributed by atoms with Crippen LogP contribution in [0.25, 0.3) is 11.5 Å². The van der Waals surface area contributed by atoms with Gasteiger partial charge in [-0.05, 0) is 55.5 Å². The fourth-order valence-electron chi connectivity index (χ4n) is 3.47. The van der Waals surface area contributed by atoms with Gasteiger partial charge in [0, 0.05) is 17.2 Å². The molecular formula is C22H22N2O4S. The molecule has 0 bridgehead atoms. The van der Waals surface area contributed by atoms with Crippen LogP contribution in [-0.2, 0) is 12.8 Å². The molecule has 1 heterocycles. The summed E-state index contributed by atoms with van der Waals surface area (Å²) in [6.07, 6.45) is 3.32. The monoisotopic (exact) mass is 410 g/mol. The molecule has 0 amide bonds. The van der Waals surface area contributed by atoms with Crippen LogP contribution in [0.1, 0.15) is 34.8 Å². The third-order valence-electron chi connectivity index (χ3n) is 5.03. The van der Waals surface area contributed by atoms with Crippen LogP contribution >= 0.6 is 11.8 Å². The van der Waals surface area contributed by atoms with Crippen molar-refractivity contribution in [3.63, 3.8) is 0 Å². The Morgan fingerprint density at radius 3 is 2.48 bits per heavy atom. The lowest BCUT2D eigenvalue weighted by atomic mass is 10.0. The number of aryl methyl sites for hydroxylation is 2. The molecule has 2 aromatic carbocycles. The van der Waals surface area contributed by atoms with Crippen molar-refractivity contribution in [3.05, 3.63) is 53.1 Å². The summed E-state index contributed by atoms with van der Waals surface area (Å²) in [4.78, 5) is 12.8. The minimum absolute atomic E-state index is 0.0625. The van der Waals surface area contributed by atoms with Gasteiger partial charge in [0.25, 0.3) is 5.22 Å². The van der Waals surface area contributed by atoms with Gasteiger partial charge in [-0.2, -0.15) is 0 Å². The topological polar surface area (TPSA) is 74.5 Å². The number of rotatable bonds is 7. The summed E-state index contributed by atoms with van der Waals surface area (Å²) in [6, 6.07) is 11.4. The molecule has 0 spiro atoms. The third kappa shape index (κ3) is 4.15. The van der Waals surface area contributed by atoms with E-state index >= 15 is 0 Å². The Morgan fingerprint density at radius 2 is 1.76 bits per heavy atom. The molecule has 0 N–H and O–H groups in total. The van der Waals surface area contributed by atoms with Crippen molar-refractivity contribution in [1.82, 2.24) is 10.2 Å². The van der Waals surface area contributed by atoms with E-state index in [0.29, 0.717) is 28.2 Å². The van der Waals surface area contributed by atoms with E-state index in [2.05, 4.69) is 16.3 Å². The molecule has 3 aromatic rings. The van der Waals surface area contributed by atoms with Gasteiger partial charge in [-0.3, -0.25) is 4.79 Å². The first kappa shape index (κ1) is 19.5. The van der Waals surface area contributed by atoms with Crippen LogP contribution in [0.5, 0.6) is 11.5 Å². The Bertz CT molecular complexity index is 1020. The fraction of sp³-hybridized carbons (Fsp3) is 0.318. The van der Waals surface area contributed by atoms with Crippen LogP contribution in [0.4, 0.5) is 0 Å². The van der Waals surface area contributed by atoms with Crippen molar-refractivity contribution in [3.8, 4) is 23.0 Å². The van der Waals surface area contributed by atoms with Gasteiger partial charge in [0.05, 0.1) is 19.5 Å². The molecule has 0 saturated carbocycles. The van der Waals surface area contributed by atoms with Crippen LogP contribution in [-0.4, -0.2) is 35.5 Å². The highest BCUT2D eigenvalue weighted by Crippen LogP contribution is 2.32. The molecule has 6 nitrogen and oxygen atoms in total. The van der Waals surface area contributed by atoms with Crippen molar-refractivity contribution in [1.29, 1.82) is 0 Å². The Hall–Kier alpha value is -2.80. The second-order valence-electron chi connectivity index (χ2n) is 6.94. The number of ether oxygens (including phenoxy) is 2. The standard InChI is InChI=1S/C22H22N2O4S/c1-13(20(25)16-8-7-14-5-4-6-15(14)9-16)29-22-24-23-21(28-22)17-10-18(26-2)12-19(11-17)27-3/h7-13H,4-6H2,1-3H3/t13-/m0/s1. The summed E-state index contributed by atoms with van der Waals surface area (Å²) in [5.41, 5.74) is 4.08. The molecule has 4 rings (SSSR count). The Kier molecular flexibility index (Phi) is 5.58. The molecule has 150 valence electrons. The predicted octanol–water partition coefficient (Wildman–Crippen LogP) is 4.61. The molecule has 0 fully saturated rings. The van der Waals surface area contributed by atoms with E-state index in [4.69, 9.17) is 13.9 Å². The number of methoxy groups -OCH3 is 2. The number of carbonyl (C=O) groups excluding carboxylic acids is 1. The first-order chi connectivity index (χ1) is 14.1. The Balaban J connectivity index is 1.49. The van der Waals surface area contributed by atoms with Crippen LogP contribution < -0.4 is 9.47 Å². The molecule has 7 heteroatoms. The summed E-state index contributed by atoms with van der Waals surface area (Å²) < 4.78 is 16.3. The van der Waals surface area contributed by atoms with Gasteiger partial charge >= 0.3 is 0 Å². The van der Waals surface area contributed by atoms with Crippen LogP contribution in [0, 0.1) is 0 Å². The number of carbonyl (C=O) groups is 1. The van der Waals surface area contributed by atoms with Crippen molar-refractivity contribution in [2.75, 3.05) is 14.2 Å². The number of fused-ring (bicyclic) bond motifs is 1. The highest BCUT2D eigenvalue weighted by atomic mass is 32.2. The van der Waals surface area contributed by atoms with E-state index in [-0.39, 0.29) is 11.0 Å². The maximum absolute atomic E-state index is 12.8. The molecule has 0 aliphatic heterocycles. The fourth-order valence-corrected chi connectivity index (χ4v) is 4.23. The molecule has 0 saturated heterocycles. The van der Waals surface area contributed by atoms with E-state index < -0.39 is 0 Å². The number of nitrogens with zero attached hydrogens (tertiary/aromatic N) is 2. The summed E-state index contributed by atoms with van der Waals surface area (Å²) >= 11 is 1.26. The molecule has 0 unspecified atom stereocenters. The number of hydrogen-bond donors (Lipinski definition) is 0. The first-order valence-corrected chi connectivity index (χ1v) is 10.3. The lowest BCUT2D eigenvalue weighted by Crippen LogP contribution is -2.13. The molecule has 1 aliphatic carbocycles. The zero-order valence-electron chi connectivity index (χ0n) is 16.6. The van der Waals surface area contributed by atoms with Crippen molar-refractivity contribution < 1.29 is 18.7 Å². The zero-order chi connectivity index (χ0) is 20.4. The maximum atomic E-state index is 12.8. The average molecular weight is 410 g/mol. The van der Waals surface area contributed by atoms with Crippen LogP contribution in [0.3, 0.4) is 0 Å². The lowest BCUT2D eigenvalue weighted by Gasteiger charge is -2.09. The van der Waals surface area contributed by atoms with Gasteiger partial charge in [0.2, 0.25) is 5.89 Å². The van der Waals surface area contributed by atoms with E-state index in [1.165, 1.54) is 22.9 Å². The van der Waals surface area contributed by atoms with Gasteiger partial charge in [-0.15, -0.1) is 10.2 Å². The number of Topliss-reactive ketones (excluding diaryl/α,β-unsaturated/α-hetero) is 1. The van der Waals surface area contributed by atoms with E-state index in [1.807, 2.05) is 19.1 Å². The highest BCUT2D eigenvalue weighted by molar-refractivity contribution is 8.00. The molecule has 1 aliphatic rings. The Labute approximate surface area is 173 Å². The van der Waals surface area contributed by atoms with Crippen LogP contribution in [0.15, 0.2) is 46.0 Å². The van der Waals surface area contributed by atoms with E-state index in [9.17, 15) is 4.79 Å². The van der Waals surface area contributed by atoms with E-state index in [1.54, 1.807) is 32.4 Å². The summed E-state index contributed by atoms with van der Waals surface area (Å²) in [6.45, 7) is 1.86. The van der Waals surface area contributed by atoms with Crippen molar-refractivity contribution in [2.45, 2.75) is 36.7 Å². The highest BCUT2D eigenvalue weighted by Gasteiger charge is 2.22. The smallest absolute Gasteiger partial charge is 0.277 e. The minimum atomic E-state index is -0.331. The SMILES string of the molecule is COc1cc(OC)cc(-c2nnc(S[C@@H](C)C(=O)c3ccc4c(c3)CCC4)o2)c1. The third-order valence-corrected chi connectivity index (χ3v) is 5.97. The molecular weight excluding hydrogens is 388 g/mol. The summed E-state index contributed by atoms with van der Waals surface area (Å²) in [5.74, 6) is 1.67. The number of ketones is 1. The second kappa shape index (κ2) is 8.29. The number of benzene rings is 2. The van der Waals surface area contributed by atoms with Crippen molar-refractivity contribution in [2.24, 2.45) is 0 Å². The predicted molar refractivity (Wildman–Crippen MR) is 111 cm³/mol.